The maximum atomic E-state index is 12.1. The number of nitrogens with zero attached hydrogens (tertiary/aromatic N) is 1. The second-order valence-electron chi connectivity index (χ2n) is 5.87. The van der Waals surface area contributed by atoms with Crippen LogP contribution in [0.1, 0.15) is 54.5 Å². The van der Waals surface area contributed by atoms with E-state index in [1.54, 1.807) is 11.3 Å². The molecule has 0 radical (unpaired) electrons. The van der Waals surface area contributed by atoms with E-state index < -0.39 is 0 Å². The fourth-order valence-electron chi connectivity index (χ4n) is 2.74. The van der Waals surface area contributed by atoms with Crippen LogP contribution in [0, 0.1) is 12.8 Å². The monoisotopic (exact) mass is 294 g/mol. The number of thiazole rings is 1. The minimum absolute atomic E-state index is 0.130. The molecule has 5 heteroatoms. The summed E-state index contributed by atoms with van der Waals surface area (Å²) in [5.41, 5.74) is 0. The van der Waals surface area contributed by atoms with E-state index in [1.165, 1.54) is 17.7 Å². The molecule has 4 nitrogen and oxygen atoms in total. The van der Waals surface area contributed by atoms with E-state index in [0.717, 1.165) is 30.9 Å². The molecule has 1 N–H and O–H groups in total. The molecule has 2 unspecified atom stereocenters. The van der Waals surface area contributed by atoms with Crippen LogP contribution in [0.3, 0.4) is 0 Å². The van der Waals surface area contributed by atoms with Crippen molar-refractivity contribution >= 4 is 17.2 Å². The van der Waals surface area contributed by atoms with Gasteiger partial charge in [0.1, 0.15) is 5.01 Å². The molecule has 0 aromatic carbocycles. The molecule has 110 valence electrons. The smallest absolute Gasteiger partial charge is 0.220 e. The molecule has 1 aliphatic heterocycles. The highest BCUT2D eigenvalue weighted by Crippen LogP contribution is 2.42. The van der Waals surface area contributed by atoms with E-state index in [9.17, 15) is 4.79 Å². The number of carbonyl (C=O) groups excluding carboxylic acids is 1. The van der Waals surface area contributed by atoms with Crippen LogP contribution in [-0.4, -0.2) is 23.6 Å². The van der Waals surface area contributed by atoms with E-state index in [4.69, 9.17) is 4.74 Å². The Kier molecular flexibility index (Phi) is 4.36. The van der Waals surface area contributed by atoms with Crippen molar-refractivity contribution in [2.75, 3.05) is 6.61 Å². The molecule has 0 spiro atoms. The van der Waals surface area contributed by atoms with Gasteiger partial charge in [-0.25, -0.2) is 4.98 Å². The highest BCUT2D eigenvalue weighted by molar-refractivity contribution is 7.11. The number of hydrogen-bond donors (Lipinski definition) is 1. The van der Waals surface area contributed by atoms with Gasteiger partial charge >= 0.3 is 0 Å². The number of nitrogens with one attached hydrogen (secondary N) is 1. The topological polar surface area (TPSA) is 51.2 Å². The zero-order valence-corrected chi connectivity index (χ0v) is 12.7. The van der Waals surface area contributed by atoms with Gasteiger partial charge < -0.3 is 10.1 Å². The largest absolute Gasteiger partial charge is 0.378 e. The average molecular weight is 294 g/mol. The molecule has 1 saturated carbocycles. The highest BCUT2D eigenvalue weighted by atomic mass is 32.1. The lowest BCUT2D eigenvalue weighted by molar-refractivity contribution is -0.122. The Morgan fingerprint density at radius 3 is 3.00 bits per heavy atom. The van der Waals surface area contributed by atoms with Crippen LogP contribution in [0.15, 0.2) is 6.20 Å². The van der Waals surface area contributed by atoms with Gasteiger partial charge in [0.2, 0.25) is 5.91 Å². The lowest BCUT2D eigenvalue weighted by Gasteiger charge is -2.16. The molecule has 1 aromatic heterocycles. The van der Waals surface area contributed by atoms with E-state index in [1.807, 2.05) is 6.20 Å². The van der Waals surface area contributed by atoms with E-state index in [-0.39, 0.29) is 11.9 Å². The van der Waals surface area contributed by atoms with Crippen molar-refractivity contribution in [1.29, 1.82) is 0 Å². The Hall–Kier alpha value is -0.940. The zero-order valence-electron chi connectivity index (χ0n) is 11.9. The van der Waals surface area contributed by atoms with Gasteiger partial charge in [0.15, 0.2) is 0 Å². The first-order valence-electron chi connectivity index (χ1n) is 7.55. The number of amides is 1. The molecular formula is C15H22N2O2S. The molecule has 1 saturated heterocycles. The van der Waals surface area contributed by atoms with Gasteiger partial charge in [-0.3, -0.25) is 4.79 Å². The maximum Gasteiger partial charge on any atom is 0.220 e. The number of aryl methyl sites for hydroxylation is 1. The minimum atomic E-state index is 0.130. The van der Waals surface area contributed by atoms with Crippen LogP contribution < -0.4 is 5.32 Å². The van der Waals surface area contributed by atoms with Gasteiger partial charge in [0.25, 0.3) is 0 Å². The summed E-state index contributed by atoms with van der Waals surface area (Å²) < 4.78 is 5.57. The van der Waals surface area contributed by atoms with Crippen LogP contribution >= 0.6 is 11.3 Å². The van der Waals surface area contributed by atoms with Crippen molar-refractivity contribution in [3.63, 3.8) is 0 Å². The lowest BCUT2D eigenvalue weighted by Crippen LogP contribution is -2.30. The van der Waals surface area contributed by atoms with E-state index in [0.29, 0.717) is 18.4 Å². The van der Waals surface area contributed by atoms with Crippen LogP contribution in [0.2, 0.25) is 0 Å². The zero-order chi connectivity index (χ0) is 13.9. The number of carbonyl (C=O) groups is 1. The van der Waals surface area contributed by atoms with Gasteiger partial charge in [-0.1, -0.05) is 0 Å². The summed E-state index contributed by atoms with van der Waals surface area (Å²) in [6.45, 7) is 2.92. The van der Waals surface area contributed by atoms with Gasteiger partial charge in [-0.05, 0) is 44.9 Å². The first-order chi connectivity index (χ1) is 9.72. The van der Waals surface area contributed by atoms with Crippen LogP contribution in [-0.2, 0) is 9.53 Å². The lowest BCUT2D eigenvalue weighted by atomic mass is 10.1. The molecule has 1 amide bonds. The first-order valence-corrected chi connectivity index (χ1v) is 8.37. The van der Waals surface area contributed by atoms with Crippen molar-refractivity contribution in [2.24, 2.45) is 5.92 Å². The third-order valence-electron chi connectivity index (χ3n) is 4.03. The molecule has 2 atom stereocenters. The minimum Gasteiger partial charge on any atom is -0.378 e. The fraction of sp³-hybridized carbons (Fsp3) is 0.733. The Balaban J connectivity index is 1.52. The summed E-state index contributed by atoms with van der Waals surface area (Å²) in [4.78, 5) is 17.8. The third-order valence-corrected chi connectivity index (χ3v) is 5.03. The predicted molar refractivity (Wildman–Crippen MR) is 78.7 cm³/mol. The molecule has 20 heavy (non-hydrogen) atoms. The predicted octanol–water partition coefficient (Wildman–Crippen LogP) is 2.98. The van der Waals surface area contributed by atoms with Crippen molar-refractivity contribution < 1.29 is 9.53 Å². The molecule has 1 aromatic rings. The second-order valence-corrected chi connectivity index (χ2v) is 7.13. The summed E-state index contributed by atoms with van der Waals surface area (Å²) in [5, 5.41) is 4.25. The molecule has 1 aliphatic carbocycles. The van der Waals surface area contributed by atoms with Crippen molar-refractivity contribution in [3.8, 4) is 0 Å². The summed E-state index contributed by atoms with van der Waals surface area (Å²) in [6.07, 6.45) is 8.25. The summed E-state index contributed by atoms with van der Waals surface area (Å²) in [5.74, 6) is 0.734. The number of rotatable bonds is 6. The van der Waals surface area contributed by atoms with Crippen molar-refractivity contribution in [2.45, 2.75) is 57.6 Å². The molecule has 2 heterocycles. The summed E-state index contributed by atoms with van der Waals surface area (Å²) in [6, 6.07) is 0.130. The van der Waals surface area contributed by atoms with E-state index in [2.05, 4.69) is 17.2 Å². The van der Waals surface area contributed by atoms with Crippen LogP contribution in [0.5, 0.6) is 0 Å². The first kappa shape index (κ1) is 14.0. The number of ether oxygens (including phenoxy) is 1. The summed E-state index contributed by atoms with van der Waals surface area (Å²) in [7, 11) is 0. The van der Waals surface area contributed by atoms with Gasteiger partial charge in [-0.2, -0.15) is 0 Å². The Bertz CT molecular complexity index is 464. The Morgan fingerprint density at radius 2 is 2.40 bits per heavy atom. The van der Waals surface area contributed by atoms with Crippen LogP contribution in [0.4, 0.5) is 0 Å². The highest BCUT2D eigenvalue weighted by Gasteiger charge is 2.35. The SMILES string of the molecule is Cc1cnc(C(NC(=O)CCC2CCCO2)C2CC2)s1. The number of hydrogen-bond acceptors (Lipinski definition) is 4. The second kappa shape index (κ2) is 6.22. The van der Waals surface area contributed by atoms with E-state index >= 15 is 0 Å². The molecule has 2 fully saturated rings. The van der Waals surface area contributed by atoms with Gasteiger partial charge in [0, 0.05) is 24.1 Å². The fourth-order valence-corrected chi connectivity index (χ4v) is 3.66. The average Bonchev–Trinajstić information content (AvgIpc) is 2.96. The molecule has 2 aliphatic rings. The Morgan fingerprint density at radius 1 is 1.55 bits per heavy atom. The van der Waals surface area contributed by atoms with Crippen LogP contribution in [0.25, 0.3) is 0 Å². The standard InChI is InChI=1S/C15H22N2O2S/c1-10-9-16-15(20-10)14(11-4-5-11)17-13(18)7-6-12-3-2-8-19-12/h9,11-12,14H,2-8H2,1H3,(H,17,18). The quantitative estimate of drug-likeness (QED) is 0.877. The van der Waals surface area contributed by atoms with Gasteiger partial charge in [-0.15, -0.1) is 11.3 Å². The molecule has 3 rings (SSSR count). The third kappa shape index (κ3) is 3.58. The molecule has 0 bridgehead atoms. The number of aromatic nitrogens is 1. The van der Waals surface area contributed by atoms with Crippen molar-refractivity contribution in [1.82, 2.24) is 10.3 Å². The normalized spacial score (nSPS) is 23.8. The van der Waals surface area contributed by atoms with Gasteiger partial charge in [0.05, 0.1) is 12.1 Å². The van der Waals surface area contributed by atoms with Crippen molar-refractivity contribution in [3.05, 3.63) is 16.1 Å². The molecular weight excluding hydrogens is 272 g/mol. The maximum absolute atomic E-state index is 12.1. The Labute approximate surface area is 123 Å². The summed E-state index contributed by atoms with van der Waals surface area (Å²) >= 11 is 1.70.